The van der Waals surface area contributed by atoms with E-state index in [0.29, 0.717) is 0 Å². The fraction of sp³-hybridized carbons (Fsp3) is 0.182. The molecule has 0 spiro atoms. The van der Waals surface area contributed by atoms with Crippen molar-refractivity contribution in [3.63, 3.8) is 0 Å². The third-order valence-electron chi connectivity index (χ3n) is 4.65. The Morgan fingerprint density at radius 1 is 0.545 bits per heavy atom. The molecule has 0 heterocycles. The fourth-order valence-corrected chi connectivity index (χ4v) is 3.19. The van der Waals surface area contributed by atoms with Crippen molar-refractivity contribution in [3.05, 3.63) is 82.9 Å². The van der Waals surface area contributed by atoms with Gasteiger partial charge in [-0.1, -0.05) is 60.7 Å². The van der Waals surface area contributed by atoms with Gasteiger partial charge < -0.3 is 0 Å². The van der Waals surface area contributed by atoms with Crippen molar-refractivity contribution in [1.29, 1.82) is 0 Å². The third kappa shape index (κ3) is 2.46. The van der Waals surface area contributed by atoms with Gasteiger partial charge in [0.05, 0.1) is 0 Å². The SMILES string of the molecule is Cc1cc(C)c(C)c(-c2ccccc2-c2ccccc2)c1C. The monoisotopic (exact) mass is 286 g/mol. The minimum atomic E-state index is 1.27. The topological polar surface area (TPSA) is 0 Å². The van der Waals surface area contributed by atoms with E-state index in [2.05, 4.69) is 88.4 Å². The Bertz CT molecular complexity index is 785. The predicted octanol–water partition coefficient (Wildman–Crippen LogP) is 6.25. The molecule has 0 heteroatoms. The Morgan fingerprint density at radius 3 is 1.64 bits per heavy atom. The number of aryl methyl sites for hydroxylation is 2. The first-order valence-corrected chi connectivity index (χ1v) is 7.82. The lowest BCUT2D eigenvalue weighted by atomic mass is 9.86. The summed E-state index contributed by atoms with van der Waals surface area (Å²) in [7, 11) is 0. The van der Waals surface area contributed by atoms with Gasteiger partial charge >= 0.3 is 0 Å². The lowest BCUT2D eigenvalue weighted by molar-refractivity contribution is 1.24. The van der Waals surface area contributed by atoms with Crippen molar-refractivity contribution >= 4 is 0 Å². The summed E-state index contributed by atoms with van der Waals surface area (Å²) in [4.78, 5) is 0. The van der Waals surface area contributed by atoms with Crippen molar-refractivity contribution < 1.29 is 0 Å². The zero-order chi connectivity index (χ0) is 15.7. The van der Waals surface area contributed by atoms with Crippen LogP contribution in [0.1, 0.15) is 22.3 Å². The van der Waals surface area contributed by atoms with Gasteiger partial charge in [-0.05, 0) is 72.2 Å². The Hall–Kier alpha value is -2.34. The van der Waals surface area contributed by atoms with Gasteiger partial charge in [0.2, 0.25) is 0 Å². The summed E-state index contributed by atoms with van der Waals surface area (Å²) in [5.41, 5.74) is 10.8. The Kier molecular flexibility index (Phi) is 3.85. The van der Waals surface area contributed by atoms with E-state index < -0.39 is 0 Å². The summed E-state index contributed by atoms with van der Waals surface area (Å²) in [5.74, 6) is 0. The molecule has 0 fully saturated rings. The number of benzene rings is 3. The lowest BCUT2D eigenvalue weighted by Gasteiger charge is -2.18. The molecule has 0 bridgehead atoms. The number of hydrogen-bond acceptors (Lipinski definition) is 0. The Balaban J connectivity index is 2.32. The van der Waals surface area contributed by atoms with Crippen LogP contribution in [0.5, 0.6) is 0 Å². The summed E-state index contributed by atoms with van der Waals surface area (Å²) in [6.07, 6.45) is 0. The maximum absolute atomic E-state index is 2.29. The van der Waals surface area contributed by atoms with Crippen LogP contribution >= 0.6 is 0 Å². The van der Waals surface area contributed by atoms with E-state index in [4.69, 9.17) is 0 Å². The standard InChI is InChI=1S/C22H22/c1-15-14-16(2)18(4)22(17(15)3)21-13-9-8-12-20(21)19-10-6-5-7-11-19/h5-14H,1-4H3. The molecule has 3 rings (SSSR count). The molecule has 0 N–H and O–H groups in total. The first-order valence-electron chi connectivity index (χ1n) is 7.82. The van der Waals surface area contributed by atoms with E-state index in [1.807, 2.05) is 0 Å². The Morgan fingerprint density at radius 2 is 1.05 bits per heavy atom. The summed E-state index contributed by atoms with van der Waals surface area (Å²) in [6.45, 7) is 8.88. The molecule has 0 saturated carbocycles. The van der Waals surface area contributed by atoms with Crippen LogP contribution in [-0.2, 0) is 0 Å². The molecule has 3 aromatic carbocycles. The smallest absolute Gasteiger partial charge is 0.00999 e. The molecule has 3 aromatic rings. The summed E-state index contributed by atoms with van der Waals surface area (Å²) in [5, 5.41) is 0. The molecule has 0 saturated heterocycles. The second kappa shape index (κ2) is 5.81. The number of rotatable bonds is 2. The van der Waals surface area contributed by atoms with Gasteiger partial charge in [0.25, 0.3) is 0 Å². The van der Waals surface area contributed by atoms with Crippen molar-refractivity contribution in [2.75, 3.05) is 0 Å². The van der Waals surface area contributed by atoms with Gasteiger partial charge in [-0.25, -0.2) is 0 Å². The van der Waals surface area contributed by atoms with Gasteiger partial charge in [0, 0.05) is 0 Å². The average molecular weight is 286 g/mol. The molecular formula is C22H22. The molecule has 0 amide bonds. The van der Waals surface area contributed by atoms with E-state index in [0.717, 1.165) is 0 Å². The van der Waals surface area contributed by atoms with Crippen molar-refractivity contribution in [2.24, 2.45) is 0 Å². The summed E-state index contributed by atoms with van der Waals surface area (Å²) in [6, 6.07) is 21.7. The largest absolute Gasteiger partial charge is 0.0622 e. The molecular weight excluding hydrogens is 264 g/mol. The first kappa shape index (κ1) is 14.6. The second-order valence-electron chi connectivity index (χ2n) is 6.05. The molecule has 0 aliphatic carbocycles. The van der Waals surface area contributed by atoms with Crippen LogP contribution in [0, 0.1) is 27.7 Å². The molecule has 0 unspecified atom stereocenters. The minimum Gasteiger partial charge on any atom is -0.0622 e. The van der Waals surface area contributed by atoms with Crippen LogP contribution in [0.2, 0.25) is 0 Å². The van der Waals surface area contributed by atoms with Gasteiger partial charge in [0.15, 0.2) is 0 Å². The second-order valence-corrected chi connectivity index (χ2v) is 6.05. The van der Waals surface area contributed by atoms with Crippen molar-refractivity contribution in [1.82, 2.24) is 0 Å². The van der Waals surface area contributed by atoms with E-state index in [9.17, 15) is 0 Å². The Labute approximate surface area is 133 Å². The van der Waals surface area contributed by atoms with E-state index in [-0.39, 0.29) is 0 Å². The quantitative estimate of drug-likeness (QED) is 0.522. The van der Waals surface area contributed by atoms with Crippen molar-refractivity contribution in [2.45, 2.75) is 27.7 Å². The highest BCUT2D eigenvalue weighted by Gasteiger charge is 2.14. The zero-order valence-corrected chi connectivity index (χ0v) is 13.8. The molecule has 0 nitrogen and oxygen atoms in total. The molecule has 110 valence electrons. The zero-order valence-electron chi connectivity index (χ0n) is 13.8. The van der Waals surface area contributed by atoms with Crippen LogP contribution in [0.3, 0.4) is 0 Å². The molecule has 0 radical (unpaired) electrons. The fourth-order valence-electron chi connectivity index (χ4n) is 3.19. The van der Waals surface area contributed by atoms with E-state index in [1.165, 1.54) is 44.5 Å². The van der Waals surface area contributed by atoms with Crippen LogP contribution in [0.4, 0.5) is 0 Å². The molecule has 22 heavy (non-hydrogen) atoms. The summed E-state index contributed by atoms with van der Waals surface area (Å²) >= 11 is 0. The van der Waals surface area contributed by atoms with Crippen LogP contribution in [-0.4, -0.2) is 0 Å². The summed E-state index contributed by atoms with van der Waals surface area (Å²) < 4.78 is 0. The highest BCUT2D eigenvalue weighted by molar-refractivity contribution is 5.87. The molecule has 0 aliphatic heterocycles. The van der Waals surface area contributed by atoms with Gasteiger partial charge in [-0.3, -0.25) is 0 Å². The average Bonchev–Trinajstić information content (AvgIpc) is 2.55. The normalized spacial score (nSPS) is 10.7. The maximum Gasteiger partial charge on any atom is -0.00999 e. The predicted molar refractivity (Wildman–Crippen MR) is 96.3 cm³/mol. The highest BCUT2D eigenvalue weighted by Crippen LogP contribution is 2.37. The van der Waals surface area contributed by atoms with Crippen LogP contribution in [0.15, 0.2) is 60.7 Å². The maximum atomic E-state index is 2.29. The number of hydrogen-bond donors (Lipinski definition) is 0. The first-order chi connectivity index (χ1) is 10.6. The third-order valence-corrected chi connectivity index (χ3v) is 4.65. The molecule has 0 aromatic heterocycles. The van der Waals surface area contributed by atoms with Crippen molar-refractivity contribution in [3.8, 4) is 22.3 Å². The highest BCUT2D eigenvalue weighted by atomic mass is 14.2. The molecule has 0 atom stereocenters. The molecule has 0 aliphatic rings. The van der Waals surface area contributed by atoms with Crippen LogP contribution in [0.25, 0.3) is 22.3 Å². The lowest BCUT2D eigenvalue weighted by Crippen LogP contribution is -1.96. The van der Waals surface area contributed by atoms with Gasteiger partial charge in [0.1, 0.15) is 0 Å². The van der Waals surface area contributed by atoms with Gasteiger partial charge in [-0.15, -0.1) is 0 Å². The van der Waals surface area contributed by atoms with E-state index in [1.54, 1.807) is 0 Å². The van der Waals surface area contributed by atoms with E-state index >= 15 is 0 Å². The minimum absolute atomic E-state index is 1.27. The van der Waals surface area contributed by atoms with Crippen LogP contribution < -0.4 is 0 Å². The van der Waals surface area contributed by atoms with Gasteiger partial charge in [-0.2, -0.15) is 0 Å².